The van der Waals surface area contributed by atoms with Crippen LogP contribution < -0.4 is 0 Å². The maximum Gasteiger partial charge on any atom is 0.406 e. The predicted molar refractivity (Wildman–Crippen MR) is 58.8 cm³/mol. The minimum absolute atomic E-state index is 0.0794. The highest BCUT2D eigenvalue weighted by Gasteiger charge is 2.32. The molecular formula is C12H13F4NO. The first-order valence-corrected chi connectivity index (χ1v) is 5.36. The van der Waals surface area contributed by atoms with Gasteiger partial charge in [-0.15, -0.1) is 0 Å². The first kappa shape index (κ1) is 14.5. The smallest absolute Gasteiger partial charge is 0.330 e. The van der Waals surface area contributed by atoms with Crippen LogP contribution in [0.25, 0.3) is 0 Å². The van der Waals surface area contributed by atoms with Crippen LogP contribution in [0, 0.1) is 12.7 Å². The van der Waals surface area contributed by atoms with Crippen molar-refractivity contribution in [3.05, 3.63) is 35.1 Å². The van der Waals surface area contributed by atoms with Crippen molar-refractivity contribution >= 4 is 5.91 Å². The molecule has 0 atom stereocenters. The van der Waals surface area contributed by atoms with Crippen LogP contribution in [-0.2, 0) is 0 Å². The number of halogens is 4. The number of carbonyl (C=O) groups excluding carboxylic acids is 1. The van der Waals surface area contributed by atoms with Gasteiger partial charge in [0.15, 0.2) is 0 Å². The number of hydrogen-bond donors (Lipinski definition) is 0. The molecule has 0 unspecified atom stereocenters. The Labute approximate surface area is 102 Å². The van der Waals surface area contributed by atoms with Crippen molar-refractivity contribution in [3.63, 3.8) is 0 Å². The van der Waals surface area contributed by atoms with Crippen molar-refractivity contribution in [2.24, 2.45) is 0 Å². The number of aryl methyl sites for hydroxylation is 1. The summed E-state index contributed by atoms with van der Waals surface area (Å²) >= 11 is 0. The summed E-state index contributed by atoms with van der Waals surface area (Å²) in [5, 5.41) is 0. The fourth-order valence-electron chi connectivity index (χ4n) is 1.45. The lowest BCUT2D eigenvalue weighted by Crippen LogP contribution is -2.38. The van der Waals surface area contributed by atoms with Crippen LogP contribution in [0.15, 0.2) is 18.2 Å². The van der Waals surface area contributed by atoms with E-state index >= 15 is 0 Å². The highest BCUT2D eigenvalue weighted by Crippen LogP contribution is 2.18. The lowest BCUT2D eigenvalue weighted by molar-refractivity contribution is -0.140. The molecule has 100 valence electrons. The Morgan fingerprint density at radius 2 is 1.94 bits per heavy atom. The van der Waals surface area contributed by atoms with Gasteiger partial charge in [-0.2, -0.15) is 13.2 Å². The first-order chi connectivity index (χ1) is 8.24. The molecule has 18 heavy (non-hydrogen) atoms. The number of benzene rings is 1. The molecule has 1 amide bonds. The monoisotopic (exact) mass is 263 g/mol. The minimum Gasteiger partial charge on any atom is -0.330 e. The van der Waals surface area contributed by atoms with Crippen molar-refractivity contribution < 1.29 is 22.4 Å². The van der Waals surface area contributed by atoms with E-state index in [9.17, 15) is 22.4 Å². The van der Waals surface area contributed by atoms with E-state index in [2.05, 4.69) is 0 Å². The Balaban J connectivity index is 2.93. The quantitative estimate of drug-likeness (QED) is 0.767. The van der Waals surface area contributed by atoms with E-state index in [-0.39, 0.29) is 12.1 Å². The third-order valence-corrected chi connectivity index (χ3v) is 2.46. The molecule has 0 aliphatic heterocycles. The second-order valence-corrected chi connectivity index (χ2v) is 3.90. The zero-order chi connectivity index (χ0) is 13.9. The van der Waals surface area contributed by atoms with Crippen LogP contribution in [0.3, 0.4) is 0 Å². The zero-order valence-electron chi connectivity index (χ0n) is 10.0. The highest BCUT2D eigenvalue weighted by atomic mass is 19.4. The molecular weight excluding hydrogens is 250 g/mol. The van der Waals surface area contributed by atoms with Crippen molar-refractivity contribution in [2.45, 2.75) is 20.0 Å². The molecule has 0 saturated heterocycles. The number of hydrogen-bond acceptors (Lipinski definition) is 1. The molecule has 0 saturated carbocycles. The molecule has 1 rings (SSSR count). The van der Waals surface area contributed by atoms with E-state index < -0.39 is 24.4 Å². The molecule has 6 heteroatoms. The van der Waals surface area contributed by atoms with E-state index in [1.54, 1.807) is 0 Å². The van der Waals surface area contributed by atoms with E-state index in [1.807, 2.05) is 0 Å². The standard InChI is InChI=1S/C12H13F4NO/c1-3-17(7-12(14,15)16)11(18)9-5-4-8(2)10(13)6-9/h4-6H,3,7H2,1-2H3. The maximum atomic E-state index is 13.3. The van der Waals surface area contributed by atoms with Gasteiger partial charge in [-0.3, -0.25) is 4.79 Å². The molecule has 1 aromatic carbocycles. The van der Waals surface area contributed by atoms with Crippen LogP contribution in [0.4, 0.5) is 17.6 Å². The van der Waals surface area contributed by atoms with E-state index in [0.717, 1.165) is 6.07 Å². The van der Waals surface area contributed by atoms with Gasteiger partial charge in [0.1, 0.15) is 12.4 Å². The fourth-order valence-corrected chi connectivity index (χ4v) is 1.45. The topological polar surface area (TPSA) is 20.3 Å². The lowest BCUT2D eigenvalue weighted by Gasteiger charge is -2.22. The second-order valence-electron chi connectivity index (χ2n) is 3.90. The molecule has 1 aromatic rings. The van der Waals surface area contributed by atoms with Gasteiger partial charge in [-0.1, -0.05) is 6.07 Å². The van der Waals surface area contributed by atoms with Crippen LogP contribution in [-0.4, -0.2) is 30.1 Å². The van der Waals surface area contributed by atoms with Crippen LogP contribution in [0.5, 0.6) is 0 Å². The molecule has 0 bridgehead atoms. The molecule has 0 radical (unpaired) electrons. The summed E-state index contributed by atoms with van der Waals surface area (Å²) in [7, 11) is 0. The van der Waals surface area contributed by atoms with Crippen LogP contribution >= 0.6 is 0 Å². The molecule has 0 fully saturated rings. The molecule has 2 nitrogen and oxygen atoms in total. The summed E-state index contributed by atoms with van der Waals surface area (Å²) in [4.78, 5) is 12.4. The molecule has 0 aliphatic rings. The van der Waals surface area contributed by atoms with Gasteiger partial charge in [-0.05, 0) is 31.5 Å². The van der Waals surface area contributed by atoms with Gasteiger partial charge in [0.25, 0.3) is 5.91 Å². The van der Waals surface area contributed by atoms with Gasteiger partial charge >= 0.3 is 6.18 Å². The maximum absolute atomic E-state index is 13.3. The summed E-state index contributed by atoms with van der Waals surface area (Å²) < 4.78 is 50.0. The van der Waals surface area contributed by atoms with Gasteiger partial charge in [0.05, 0.1) is 0 Å². The SMILES string of the molecule is CCN(CC(F)(F)F)C(=O)c1ccc(C)c(F)c1. The molecule has 0 aliphatic carbocycles. The summed E-state index contributed by atoms with van der Waals surface area (Å²) in [5.74, 6) is -1.43. The highest BCUT2D eigenvalue weighted by molar-refractivity contribution is 5.94. The van der Waals surface area contributed by atoms with E-state index in [4.69, 9.17) is 0 Å². The third-order valence-electron chi connectivity index (χ3n) is 2.46. The summed E-state index contributed by atoms with van der Waals surface area (Å²) in [5.41, 5.74) is 0.259. The van der Waals surface area contributed by atoms with Gasteiger partial charge in [-0.25, -0.2) is 4.39 Å². The Kier molecular flexibility index (Phi) is 4.32. The fraction of sp³-hybridized carbons (Fsp3) is 0.417. The van der Waals surface area contributed by atoms with Gasteiger partial charge in [0.2, 0.25) is 0 Å². The third kappa shape index (κ3) is 3.72. The Bertz CT molecular complexity index is 442. The molecule has 0 N–H and O–H groups in total. The average Bonchev–Trinajstić information content (AvgIpc) is 2.27. The van der Waals surface area contributed by atoms with Crippen LogP contribution in [0.2, 0.25) is 0 Å². The predicted octanol–water partition coefficient (Wildman–Crippen LogP) is 3.16. The summed E-state index contributed by atoms with van der Waals surface area (Å²) in [6.07, 6.45) is -4.46. The molecule has 0 aromatic heterocycles. The second kappa shape index (κ2) is 5.37. The lowest BCUT2D eigenvalue weighted by atomic mass is 10.1. The van der Waals surface area contributed by atoms with Crippen molar-refractivity contribution in [3.8, 4) is 0 Å². The molecule has 0 spiro atoms. The normalized spacial score (nSPS) is 11.4. The Hall–Kier alpha value is -1.59. The number of rotatable bonds is 3. The summed E-state index contributed by atoms with van der Waals surface area (Å²) in [6, 6.07) is 3.64. The van der Waals surface area contributed by atoms with Crippen molar-refractivity contribution in [1.29, 1.82) is 0 Å². The van der Waals surface area contributed by atoms with Crippen molar-refractivity contribution in [2.75, 3.05) is 13.1 Å². The molecule has 0 heterocycles. The van der Waals surface area contributed by atoms with E-state index in [0.29, 0.717) is 10.5 Å². The van der Waals surface area contributed by atoms with Gasteiger partial charge < -0.3 is 4.90 Å². The number of alkyl halides is 3. The number of amides is 1. The van der Waals surface area contributed by atoms with Crippen molar-refractivity contribution in [1.82, 2.24) is 4.90 Å². The number of nitrogens with zero attached hydrogens (tertiary/aromatic N) is 1. The van der Waals surface area contributed by atoms with Crippen LogP contribution in [0.1, 0.15) is 22.8 Å². The average molecular weight is 263 g/mol. The minimum atomic E-state index is -4.46. The van der Waals surface area contributed by atoms with E-state index in [1.165, 1.54) is 26.0 Å². The first-order valence-electron chi connectivity index (χ1n) is 5.36. The van der Waals surface area contributed by atoms with Gasteiger partial charge in [0, 0.05) is 12.1 Å². The zero-order valence-corrected chi connectivity index (χ0v) is 10.0. The number of carbonyl (C=O) groups is 1. The Morgan fingerprint density at radius 1 is 1.33 bits per heavy atom. The Morgan fingerprint density at radius 3 is 2.39 bits per heavy atom. The largest absolute Gasteiger partial charge is 0.406 e. The summed E-state index contributed by atoms with van der Waals surface area (Å²) in [6.45, 7) is 1.52.